The molecule has 15 nitrogen and oxygen atoms in total. The maximum absolute atomic E-state index is 12.8. The molecule has 2 aromatic rings. The lowest BCUT2D eigenvalue weighted by atomic mass is 9.98. The summed E-state index contributed by atoms with van der Waals surface area (Å²) in [4.78, 5) is 72.4. The number of benzene rings is 2. The Hall–Kier alpha value is -5.02. The van der Waals surface area contributed by atoms with Crippen LogP contribution in [0.4, 0.5) is 4.79 Å². The number of fused-ring (bicyclic) bond motifs is 3. The van der Waals surface area contributed by atoms with Crippen LogP contribution in [0.25, 0.3) is 11.1 Å². The molecule has 252 valence electrons. The van der Waals surface area contributed by atoms with Crippen LogP contribution in [0.3, 0.4) is 0 Å². The summed E-state index contributed by atoms with van der Waals surface area (Å²) in [5.74, 6) is -5.01. The third-order valence-electron chi connectivity index (χ3n) is 7.31. The third kappa shape index (κ3) is 8.83. The van der Waals surface area contributed by atoms with Gasteiger partial charge in [-0.25, -0.2) is 9.59 Å². The van der Waals surface area contributed by atoms with Crippen molar-refractivity contribution in [3.05, 3.63) is 59.7 Å². The first-order valence-corrected chi connectivity index (χ1v) is 14.6. The van der Waals surface area contributed by atoms with Gasteiger partial charge in [0.1, 0.15) is 19.3 Å². The average Bonchev–Trinajstić information content (AvgIpc) is 3.32. The molecular weight excluding hydrogens is 622 g/mol. The number of alkyl carbamates (subject to hydrolysis) is 1. The Morgan fingerprint density at radius 1 is 0.723 bits per heavy atom. The highest BCUT2D eigenvalue weighted by Gasteiger charge is 2.53. The Bertz CT molecular complexity index is 1460. The molecule has 4 rings (SSSR count). The second-order valence-electron chi connectivity index (χ2n) is 10.8. The van der Waals surface area contributed by atoms with Crippen molar-refractivity contribution in [1.29, 1.82) is 0 Å². The molecule has 2 N–H and O–H groups in total. The van der Waals surface area contributed by atoms with E-state index in [0.717, 1.165) is 49.9 Å². The van der Waals surface area contributed by atoms with E-state index >= 15 is 0 Å². The fourth-order valence-corrected chi connectivity index (χ4v) is 5.47. The Balaban J connectivity index is 1.48. The van der Waals surface area contributed by atoms with E-state index in [2.05, 4.69) is 5.32 Å². The topological polar surface area (TPSA) is 199 Å². The van der Waals surface area contributed by atoms with Gasteiger partial charge in [-0.05, 0) is 22.3 Å². The molecule has 0 spiro atoms. The van der Waals surface area contributed by atoms with Gasteiger partial charge in [0.2, 0.25) is 0 Å². The molecule has 1 saturated heterocycles. The lowest BCUT2D eigenvalue weighted by Crippen LogP contribution is -2.63. The van der Waals surface area contributed by atoms with Crippen molar-refractivity contribution < 1.29 is 67.0 Å². The molecule has 1 heterocycles. The van der Waals surface area contributed by atoms with Crippen LogP contribution in [0.2, 0.25) is 0 Å². The third-order valence-corrected chi connectivity index (χ3v) is 7.31. The summed E-state index contributed by atoms with van der Waals surface area (Å²) in [5.41, 5.74) is 3.95. The Kier molecular flexibility index (Phi) is 11.5. The molecule has 1 amide bonds. The first kappa shape index (κ1) is 34.8. The van der Waals surface area contributed by atoms with Crippen molar-refractivity contribution in [2.45, 2.75) is 70.4 Å². The largest absolute Gasteiger partial charge is 0.480 e. The van der Waals surface area contributed by atoms with Crippen molar-refractivity contribution in [3.63, 3.8) is 0 Å². The van der Waals surface area contributed by atoms with Gasteiger partial charge in [0.25, 0.3) is 0 Å². The molecular formula is C32H35NO14. The molecule has 1 aliphatic carbocycles. The number of ether oxygens (including phenoxy) is 7. The molecule has 1 aliphatic heterocycles. The van der Waals surface area contributed by atoms with Gasteiger partial charge < -0.3 is 43.6 Å². The van der Waals surface area contributed by atoms with Crippen LogP contribution in [0.1, 0.15) is 44.7 Å². The minimum atomic E-state index is -1.68. The summed E-state index contributed by atoms with van der Waals surface area (Å²) < 4.78 is 37.9. The number of carboxylic acids is 1. The molecule has 1 fully saturated rings. The van der Waals surface area contributed by atoms with E-state index in [0.29, 0.717) is 0 Å². The second-order valence-corrected chi connectivity index (χ2v) is 10.8. The zero-order chi connectivity index (χ0) is 34.2. The lowest BCUT2D eigenvalue weighted by Gasteiger charge is -2.44. The van der Waals surface area contributed by atoms with Crippen LogP contribution < -0.4 is 5.32 Å². The van der Waals surface area contributed by atoms with Gasteiger partial charge in [0, 0.05) is 33.6 Å². The van der Waals surface area contributed by atoms with Gasteiger partial charge in [-0.15, -0.1) is 0 Å². The summed E-state index contributed by atoms with van der Waals surface area (Å²) in [6.07, 6.45) is -8.49. The van der Waals surface area contributed by atoms with E-state index in [-0.39, 0.29) is 12.5 Å². The SMILES string of the molecule is CC(=O)OC[C@H]1O[C@H](OC[C@H](NC(=O)OCC2c3ccccc3-c3ccccc32)C(=O)O)[C@H](OC(C)=O)[C@@H](OC(C)=O)[C@@H]1OC(C)=O. The predicted molar refractivity (Wildman–Crippen MR) is 158 cm³/mol. The van der Waals surface area contributed by atoms with Gasteiger partial charge >= 0.3 is 35.9 Å². The summed E-state index contributed by atoms with van der Waals surface area (Å²) in [6, 6.07) is 13.7. The number of hydrogen-bond donors (Lipinski definition) is 2. The van der Waals surface area contributed by atoms with Crippen LogP contribution in [-0.2, 0) is 57.1 Å². The van der Waals surface area contributed by atoms with E-state index < -0.39 is 85.9 Å². The van der Waals surface area contributed by atoms with E-state index in [1.54, 1.807) is 0 Å². The minimum Gasteiger partial charge on any atom is -0.480 e. The van der Waals surface area contributed by atoms with Gasteiger partial charge in [0.15, 0.2) is 30.6 Å². The molecule has 2 aromatic carbocycles. The quantitative estimate of drug-likeness (QED) is 0.248. The molecule has 0 saturated carbocycles. The molecule has 2 aliphatic rings. The smallest absolute Gasteiger partial charge is 0.407 e. The lowest BCUT2D eigenvalue weighted by molar-refractivity contribution is -0.308. The Morgan fingerprint density at radius 2 is 1.26 bits per heavy atom. The van der Waals surface area contributed by atoms with E-state index in [9.17, 15) is 33.9 Å². The molecule has 0 aromatic heterocycles. The maximum atomic E-state index is 12.8. The first-order chi connectivity index (χ1) is 22.3. The molecule has 47 heavy (non-hydrogen) atoms. The van der Waals surface area contributed by atoms with Gasteiger partial charge in [0.05, 0.1) is 6.61 Å². The Morgan fingerprint density at radius 3 is 1.79 bits per heavy atom. The number of hydrogen-bond acceptors (Lipinski definition) is 13. The van der Waals surface area contributed by atoms with Crippen molar-refractivity contribution in [2.24, 2.45) is 0 Å². The number of esters is 4. The zero-order valence-corrected chi connectivity index (χ0v) is 26.0. The van der Waals surface area contributed by atoms with E-state index in [1.807, 2.05) is 48.5 Å². The molecule has 0 unspecified atom stereocenters. The van der Waals surface area contributed by atoms with E-state index in [1.165, 1.54) is 0 Å². The normalized spacial score (nSPS) is 22.1. The number of amides is 1. The number of carboxylic acid groups (broad SMARTS) is 1. The van der Waals surface area contributed by atoms with Crippen molar-refractivity contribution in [3.8, 4) is 11.1 Å². The van der Waals surface area contributed by atoms with Crippen molar-refractivity contribution >= 4 is 35.9 Å². The van der Waals surface area contributed by atoms with Gasteiger partial charge in [-0.3, -0.25) is 19.2 Å². The van der Waals surface area contributed by atoms with Gasteiger partial charge in [-0.2, -0.15) is 0 Å². The summed E-state index contributed by atoms with van der Waals surface area (Å²) in [6.45, 7) is 2.98. The standard InChI is InChI=1S/C32H35NO14/c1-16(34)41-15-26-27(44-17(2)35)28(45-18(3)36)29(46-19(4)37)31(47-26)42-14-25(30(38)39)33-32(40)43-13-24-22-11-7-5-9-20(22)21-10-6-8-12-23(21)24/h5-12,24-29,31H,13-15H2,1-4H3,(H,33,40)(H,38,39)/t25-,26+,27+,28-,29+,31-/m0/s1. The molecule has 0 radical (unpaired) electrons. The fourth-order valence-electron chi connectivity index (χ4n) is 5.47. The number of carbonyl (C=O) groups excluding carboxylic acids is 5. The highest BCUT2D eigenvalue weighted by atomic mass is 16.7. The van der Waals surface area contributed by atoms with Crippen LogP contribution in [0, 0.1) is 0 Å². The van der Waals surface area contributed by atoms with Crippen LogP contribution in [-0.4, -0.2) is 97.6 Å². The van der Waals surface area contributed by atoms with Crippen molar-refractivity contribution in [2.75, 3.05) is 19.8 Å². The number of aliphatic carboxylic acids is 1. The van der Waals surface area contributed by atoms with Gasteiger partial charge in [-0.1, -0.05) is 48.5 Å². The summed E-state index contributed by atoms with van der Waals surface area (Å²) in [5, 5.41) is 12.1. The van der Waals surface area contributed by atoms with E-state index in [4.69, 9.17) is 33.2 Å². The van der Waals surface area contributed by atoms with Crippen LogP contribution >= 0.6 is 0 Å². The maximum Gasteiger partial charge on any atom is 0.407 e. The number of rotatable bonds is 12. The average molecular weight is 658 g/mol. The van der Waals surface area contributed by atoms with Crippen LogP contribution in [0.15, 0.2) is 48.5 Å². The highest BCUT2D eigenvalue weighted by Crippen LogP contribution is 2.44. The highest BCUT2D eigenvalue weighted by molar-refractivity contribution is 5.81. The molecule has 0 bridgehead atoms. The van der Waals surface area contributed by atoms with Crippen LogP contribution in [0.5, 0.6) is 0 Å². The molecule has 6 atom stereocenters. The zero-order valence-electron chi connectivity index (χ0n) is 26.0. The number of carbonyl (C=O) groups is 6. The summed E-state index contributed by atoms with van der Waals surface area (Å²) >= 11 is 0. The second kappa shape index (κ2) is 15.5. The fraction of sp³-hybridized carbons (Fsp3) is 0.438. The minimum absolute atomic E-state index is 0.0766. The monoisotopic (exact) mass is 657 g/mol. The molecule has 15 heteroatoms. The summed E-state index contributed by atoms with van der Waals surface area (Å²) in [7, 11) is 0. The predicted octanol–water partition coefficient (Wildman–Crippen LogP) is 2.08. The Labute approximate surface area is 269 Å². The van der Waals surface area contributed by atoms with Crippen molar-refractivity contribution in [1.82, 2.24) is 5.32 Å². The number of nitrogens with one attached hydrogen (secondary N) is 1. The first-order valence-electron chi connectivity index (χ1n) is 14.6.